The first-order valence-electron chi connectivity index (χ1n) is 8.06. The normalized spacial score (nSPS) is 13.7. The van der Waals surface area contributed by atoms with E-state index in [0.29, 0.717) is 5.56 Å². The first-order valence-corrected chi connectivity index (χ1v) is 8.06. The van der Waals surface area contributed by atoms with Gasteiger partial charge in [0, 0.05) is 19.3 Å². The molecular weight excluding hydrogens is 341 g/mol. The molecule has 0 bridgehead atoms. The fraction of sp³-hybridized carbons (Fsp3) is 0.444. The summed E-state index contributed by atoms with van der Waals surface area (Å²) in [5, 5.41) is 13.9. The van der Waals surface area contributed by atoms with Gasteiger partial charge in [-0.25, -0.2) is 9.18 Å². The molecule has 140 valence electrons. The predicted molar refractivity (Wildman–Crippen MR) is 91.0 cm³/mol. The maximum atomic E-state index is 13.3. The smallest absolute Gasteiger partial charge is 0.328 e. The van der Waals surface area contributed by atoms with Crippen molar-refractivity contribution in [2.45, 2.75) is 38.8 Å². The van der Waals surface area contributed by atoms with Crippen LogP contribution in [0.3, 0.4) is 0 Å². The highest BCUT2D eigenvalue weighted by molar-refractivity contribution is 5.90. The van der Waals surface area contributed by atoms with E-state index in [0.717, 1.165) is 0 Å². The van der Waals surface area contributed by atoms with Gasteiger partial charge in [0.25, 0.3) is 0 Å². The van der Waals surface area contributed by atoms with Gasteiger partial charge in [0.05, 0.1) is 13.2 Å². The van der Waals surface area contributed by atoms with Crippen LogP contribution in [0.1, 0.15) is 25.8 Å². The lowest BCUT2D eigenvalue weighted by molar-refractivity contribution is -0.145. The van der Waals surface area contributed by atoms with E-state index in [1.165, 1.54) is 32.2 Å². The number of nitrogens with one attached hydrogen (secondary N) is 2. The minimum atomic E-state index is -1.02. The molecule has 0 heterocycles. The summed E-state index contributed by atoms with van der Waals surface area (Å²) in [6, 6.07) is 5.62. The Morgan fingerprint density at radius 3 is 2.50 bits per heavy atom. The van der Waals surface area contributed by atoms with E-state index in [4.69, 9.17) is 5.26 Å². The molecule has 2 amide bonds. The van der Waals surface area contributed by atoms with Crippen LogP contribution in [0.15, 0.2) is 24.3 Å². The van der Waals surface area contributed by atoms with Crippen LogP contribution in [0, 0.1) is 23.1 Å². The minimum Gasteiger partial charge on any atom is -0.467 e. The second-order valence-electron chi connectivity index (χ2n) is 5.94. The Morgan fingerprint density at radius 1 is 1.27 bits per heavy atom. The zero-order chi connectivity index (χ0) is 19.7. The molecule has 0 fully saturated rings. The number of carbonyl (C=O) groups excluding carboxylic acids is 3. The number of nitrogens with zero attached hydrogens (tertiary/aromatic N) is 1. The number of ether oxygens (including phenoxy) is 1. The van der Waals surface area contributed by atoms with E-state index < -0.39 is 41.6 Å². The van der Waals surface area contributed by atoms with E-state index >= 15 is 0 Å². The van der Waals surface area contributed by atoms with Gasteiger partial charge in [-0.05, 0) is 31.0 Å². The molecule has 3 atom stereocenters. The lowest BCUT2D eigenvalue weighted by Gasteiger charge is -2.22. The average Bonchev–Trinajstić information content (AvgIpc) is 2.59. The molecule has 26 heavy (non-hydrogen) atoms. The Morgan fingerprint density at radius 2 is 1.96 bits per heavy atom. The molecule has 0 unspecified atom stereocenters. The highest BCUT2D eigenvalue weighted by atomic mass is 19.1. The Labute approximate surface area is 151 Å². The van der Waals surface area contributed by atoms with Crippen LogP contribution in [0.4, 0.5) is 4.39 Å². The molecule has 0 radical (unpaired) electrons. The zero-order valence-corrected chi connectivity index (χ0v) is 14.9. The number of hydrogen-bond donors (Lipinski definition) is 2. The quantitative estimate of drug-likeness (QED) is 0.672. The van der Waals surface area contributed by atoms with Crippen LogP contribution < -0.4 is 10.6 Å². The number of esters is 1. The third-order valence-corrected chi connectivity index (χ3v) is 3.63. The van der Waals surface area contributed by atoms with Gasteiger partial charge in [0.15, 0.2) is 0 Å². The van der Waals surface area contributed by atoms with Crippen LogP contribution in [0.2, 0.25) is 0 Å². The van der Waals surface area contributed by atoms with Gasteiger partial charge in [0.1, 0.15) is 17.9 Å². The highest BCUT2D eigenvalue weighted by Gasteiger charge is 2.28. The summed E-state index contributed by atoms with van der Waals surface area (Å²) in [5.41, 5.74) is 0.513. The van der Waals surface area contributed by atoms with Gasteiger partial charge in [-0.15, -0.1) is 0 Å². The number of halogens is 1. The van der Waals surface area contributed by atoms with Crippen molar-refractivity contribution in [3.63, 3.8) is 0 Å². The van der Waals surface area contributed by atoms with Crippen LogP contribution in [-0.2, 0) is 25.5 Å². The maximum absolute atomic E-state index is 13.3. The average molecular weight is 363 g/mol. The molecular formula is C18H22FN3O4. The van der Waals surface area contributed by atoms with E-state index in [-0.39, 0.29) is 12.8 Å². The van der Waals surface area contributed by atoms with E-state index in [9.17, 15) is 18.8 Å². The largest absolute Gasteiger partial charge is 0.467 e. The molecule has 1 rings (SSSR count). The van der Waals surface area contributed by atoms with Gasteiger partial charge in [-0.2, -0.15) is 5.26 Å². The first-order chi connectivity index (χ1) is 12.3. The Kier molecular flexibility index (Phi) is 8.22. The number of benzene rings is 1. The topological polar surface area (TPSA) is 108 Å². The van der Waals surface area contributed by atoms with Crippen molar-refractivity contribution in [2.24, 2.45) is 5.92 Å². The standard InChI is InChI=1S/C18H22FN3O4/c1-11(10-20)7-16(18(25)26-3)22-17(24)15(21-12(2)23)9-13-5-4-6-14(19)8-13/h4-6,8,11,15-16H,7,9H2,1-3H3,(H,21,23)(H,22,24)/t11-,15+,16-/m0/s1. The summed E-state index contributed by atoms with van der Waals surface area (Å²) in [4.78, 5) is 35.8. The fourth-order valence-corrected chi connectivity index (χ4v) is 2.39. The molecule has 0 saturated carbocycles. The predicted octanol–water partition coefficient (Wildman–Crippen LogP) is 1.08. The number of carbonyl (C=O) groups is 3. The number of rotatable bonds is 8. The number of methoxy groups -OCH3 is 1. The molecule has 1 aromatic rings. The fourth-order valence-electron chi connectivity index (χ4n) is 2.39. The van der Waals surface area contributed by atoms with Crippen LogP contribution in [-0.4, -0.2) is 37.0 Å². The third-order valence-electron chi connectivity index (χ3n) is 3.63. The second kappa shape index (κ2) is 10.1. The summed E-state index contributed by atoms with van der Waals surface area (Å²) in [6.07, 6.45) is 0.118. The summed E-state index contributed by atoms with van der Waals surface area (Å²) < 4.78 is 18.0. The van der Waals surface area contributed by atoms with Gasteiger partial charge in [-0.1, -0.05) is 12.1 Å². The molecule has 7 nitrogen and oxygen atoms in total. The van der Waals surface area contributed by atoms with Gasteiger partial charge >= 0.3 is 5.97 Å². The summed E-state index contributed by atoms with van der Waals surface area (Å²) in [7, 11) is 1.18. The minimum absolute atomic E-state index is 0.0465. The summed E-state index contributed by atoms with van der Waals surface area (Å²) in [5.74, 6) is -2.69. The summed E-state index contributed by atoms with van der Waals surface area (Å²) in [6.45, 7) is 2.86. The van der Waals surface area contributed by atoms with Crippen molar-refractivity contribution in [2.75, 3.05) is 7.11 Å². The van der Waals surface area contributed by atoms with Crippen LogP contribution >= 0.6 is 0 Å². The number of amides is 2. The Bertz CT molecular complexity index is 702. The molecule has 0 aliphatic carbocycles. The van der Waals surface area contributed by atoms with E-state index in [1.807, 2.05) is 6.07 Å². The van der Waals surface area contributed by atoms with Gasteiger partial charge in [-0.3, -0.25) is 9.59 Å². The zero-order valence-electron chi connectivity index (χ0n) is 14.9. The molecule has 1 aromatic carbocycles. The Hall–Kier alpha value is -2.95. The van der Waals surface area contributed by atoms with Gasteiger partial charge < -0.3 is 15.4 Å². The maximum Gasteiger partial charge on any atom is 0.328 e. The molecule has 2 N–H and O–H groups in total. The van der Waals surface area contributed by atoms with Crippen molar-refractivity contribution in [3.05, 3.63) is 35.6 Å². The van der Waals surface area contributed by atoms with E-state index in [2.05, 4.69) is 15.4 Å². The molecule has 0 saturated heterocycles. The Balaban J connectivity index is 2.93. The SMILES string of the molecule is COC(=O)[C@H](C[C@H](C)C#N)NC(=O)[C@@H](Cc1cccc(F)c1)NC(C)=O. The molecule has 0 aliphatic rings. The van der Waals surface area contributed by atoms with Gasteiger partial charge in [0.2, 0.25) is 11.8 Å². The monoisotopic (exact) mass is 363 g/mol. The van der Waals surface area contributed by atoms with Crippen LogP contribution in [0.25, 0.3) is 0 Å². The van der Waals surface area contributed by atoms with Crippen LogP contribution in [0.5, 0.6) is 0 Å². The number of hydrogen-bond acceptors (Lipinski definition) is 5. The molecule has 0 spiro atoms. The molecule has 0 aliphatic heterocycles. The van der Waals surface area contributed by atoms with Crippen molar-refractivity contribution in [1.29, 1.82) is 5.26 Å². The third kappa shape index (κ3) is 6.89. The van der Waals surface area contributed by atoms with Crippen molar-refractivity contribution >= 4 is 17.8 Å². The highest BCUT2D eigenvalue weighted by Crippen LogP contribution is 2.10. The van der Waals surface area contributed by atoms with Crippen molar-refractivity contribution < 1.29 is 23.5 Å². The molecule has 0 aromatic heterocycles. The summed E-state index contributed by atoms with van der Waals surface area (Å²) >= 11 is 0. The van der Waals surface area contributed by atoms with E-state index in [1.54, 1.807) is 13.0 Å². The van der Waals surface area contributed by atoms with Crippen molar-refractivity contribution in [1.82, 2.24) is 10.6 Å². The lowest BCUT2D eigenvalue weighted by Crippen LogP contribution is -2.52. The second-order valence-corrected chi connectivity index (χ2v) is 5.94. The molecule has 8 heteroatoms. The lowest BCUT2D eigenvalue weighted by atomic mass is 10.0. The first kappa shape index (κ1) is 21.1. The van der Waals surface area contributed by atoms with Crippen molar-refractivity contribution in [3.8, 4) is 6.07 Å². The number of nitriles is 1.